The van der Waals surface area contributed by atoms with Crippen LogP contribution in [0.2, 0.25) is 0 Å². The highest BCUT2D eigenvalue weighted by Gasteiger charge is 2.27. The van der Waals surface area contributed by atoms with Crippen molar-refractivity contribution in [3.63, 3.8) is 0 Å². The molecule has 0 aliphatic carbocycles. The molecule has 0 fully saturated rings. The molecule has 0 amide bonds. The molecule has 1 rings (SSSR count). The van der Waals surface area contributed by atoms with Crippen LogP contribution in [-0.2, 0) is 6.42 Å². The van der Waals surface area contributed by atoms with Crippen molar-refractivity contribution in [1.29, 1.82) is 0 Å². The van der Waals surface area contributed by atoms with E-state index in [0.29, 0.717) is 5.92 Å². The van der Waals surface area contributed by atoms with Gasteiger partial charge in [0.15, 0.2) is 0 Å². The van der Waals surface area contributed by atoms with Crippen LogP contribution < -0.4 is 0 Å². The Morgan fingerprint density at radius 2 is 2.31 bits per heavy atom. The van der Waals surface area contributed by atoms with Gasteiger partial charge in [0.05, 0.1) is 5.60 Å². The van der Waals surface area contributed by atoms with Crippen LogP contribution in [0, 0.1) is 5.92 Å². The van der Waals surface area contributed by atoms with Crippen molar-refractivity contribution < 1.29 is 5.11 Å². The highest BCUT2D eigenvalue weighted by Crippen LogP contribution is 2.25. The molecule has 0 saturated carbocycles. The molecule has 2 atom stereocenters. The third kappa shape index (κ3) is 2.82. The Balaban J connectivity index is 2.61. The molecular formula is C11H18OS. The molecule has 0 bridgehead atoms. The average molecular weight is 198 g/mol. The minimum Gasteiger partial charge on any atom is -0.390 e. The molecule has 13 heavy (non-hydrogen) atoms. The summed E-state index contributed by atoms with van der Waals surface area (Å²) in [6.45, 7) is 6.15. The lowest BCUT2D eigenvalue weighted by Gasteiger charge is -2.29. The molecule has 1 heterocycles. The van der Waals surface area contributed by atoms with E-state index in [1.54, 1.807) is 11.3 Å². The number of hydrogen-bond donors (Lipinski definition) is 1. The molecule has 1 aromatic rings. The van der Waals surface area contributed by atoms with Gasteiger partial charge < -0.3 is 5.11 Å². The van der Waals surface area contributed by atoms with Gasteiger partial charge in [-0.1, -0.05) is 20.3 Å². The molecule has 0 aromatic carbocycles. The maximum Gasteiger partial charge on any atom is 0.0685 e. The van der Waals surface area contributed by atoms with Crippen LogP contribution in [0.4, 0.5) is 0 Å². The zero-order valence-electron chi connectivity index (χ0n) is 8.58. The summed E-state index contributed by atoms with van der Waals surface area (Å²) in [6, 6.07) is 2.08. The summed E-state index contributed by atoms with van der Waals surface area (Å²) in [5.41, 5.74) is 0.686. The molecule has 0 saturated heterocycles. The first-order valence-corrected chi connectivity index (χ1v) is 5.74. The SMILES string of the molecule is CCC(C)C(C)(O)Cc1ccsc1. The minimum atomic E-state index is -0.560. The van der Waals surface area contributed by atoms with E-state index in [1.807, 2.05) is 6.92 Å². The summed E-state index contributed by atoms with van der Waals surface area (Å²) < 4.78 is 0. The summed E-state index contributed by atoms with van der Waals surface area (Å²) in [4.78, 5) is 0. The molecule has 0 spiro atoms. The second-order valence-electron chi connectivity index (χ2n) is 3.97. The Labute approximate surface area is 84.4 Å². The minimum absolute atomic E-state index is 0.354. The second kappa shape index (κ2) is 4.25. The number of thiophene rings is 1. The van der Waals surface area contributed by atoms with Gasteiger partial charge in [-0.2, -0.15) is 11.3 Å². The maximum absolute atomic E-state index is 10.2. The van der Waals surface area contributed by atoms with E-state index in [9.17, 15) is 5.11 Å². The summed E-state index contributed by atoms with van der Waals surface area (Å²) >= 11 is 1.69. The van der Waals surface area contributed by atoms with E-state index in [4.69, 9.17) is 0 Å². The van der Waals surface area contributed by atoms with Crippen molar-refractivity contribution in [2.75, 3.05) is 0 Å². The molecule has 0 aliphatic heterocycles. The van der Waals surface area contributed by atoms with E-state index in [2.05, 4.69) is 30.7 Å². The van der Waals surface area contributed by atoms with Crippen LogP contribution in [0.5, 0.6) is 0 Å². The lowest BCUT2D eigenvalue weighted by Crippen LogP contribution is -2.34. The van der Waals surface area contributed by atoms with Crippen LogP contribution in [0.25, 0.3) is 0 Å². The molecule has 1 aromatic heterocycles. The lowest BCUT2D eigenvalue weighted by molar-refractivity contribution is 0.00525. The van der Waals surface area contributed by atoms with Crippen molar-refractivity contribution >= 4 is 11.3 Å². The Morgan fingerprint density at radius 3 is 2.77 bits per heavy atom. The predicted molar refractivity (Wildman–Crippen MR) is 58.1 cm³/mol. The Bertz CT molecular complexity index is 239. The van der Waals surface area contributed by atoms with Crippen molar-refractivity contribution in [2.24, 2.45) is 5.92 Å². The van der Waals surface area contributed by atoms with E-state index in [0.717, 1.165) is 12.8 Å². The molecule has 1 nitrogen and oxygen atoms in total. The second-order valence-corrected chi connectivity index (χ2v) is 4.75. The molecule has 2 unspecified atom stereocenters. The topological polar surface area (TPSA) is 20.2 Å². The van der Waals surface area contributed by atoms with Crippen molar-refractivity contribution in [1.82, 2.24) is 0 Å². The Kier molecular flexibility index (Phi) is 3.51. The van der Waals surface area contributed by atoms with Gasteiger partial charge in [-0.15, -0.1) is 0 Å². The van der Waals surface area contributed by atoms with Crippen molar-refractivity contribution in [3.05, 3.63) is 22.4 Å². The fourth-order valence-corrected chi connectivity index (χ4v) is 2.09. The number of aliphatic hydroxyl groups is 1. The zero-order valence-corrected chi connectivity index (χ0v) is 9.40. The zero-order chi connectivity index (χ0) is 9.90. The fraction of sp³-hybridized carbons (Fsp3) is 0.636. The van der Waals surface area contributed by atoms with Crippen LogP contribution in [0.1, 0.15) is 32.8 Å². The molecule has 0 radical (unpaired) electrons. The van der Waals surface area contributed by atoms with Gasteiger partial charge in [0.1, 0.15) is 0 Å². The van der Waals surface area contributed by atoms with Crippen LogP contribution in [0.15, 0.2) is 16.8 Å². The lowest BCUT2D eigenvalue weighted by atomic mass is 9.84. The number of hydrogen-bond acceptors (Lipinski definition) is 2. The van der Waals surface area contributed by atoms with Gasteiger partial charge in [-0.05, 0) is 35.2 Å². The van der Waals surface area contributed by atoms with Crippen LogP contribution in [0.3, 0.4) is 0 Å². The average Bonchev–Trinajstić information content (AvgIpc) is 2.54. The first-order valence-electron chi connectivity index (χ1n) is 4.79. The van der Waals surface area contributed by atoms with Gasteiger partial charge in [0.25, 0.3) is 0 Å². The van der Waals surface area contributed by atoms with Gasteiger partial charge in [-0.3, -0.25) is 0 Å². The summed E-state index contributed by atoms with van der Waals surface area (Å²) in [7, 11) is 0. The summed E-state index contributed by atoms with van der Waals surface area (Å²) in [6.07, 6.45) is 1.79. The van der Waals surface area contributed by atoms with Crippen molar-refractivity contribution in [2.45, 2.75) is 39.2 Å². The summed E-state index contributed by atoms with van der Waals surface area (Å²) in [5, 5.41) is 14.3. The smallest absolute Gasteiger partial charge is 0.0685 e. The summed E-state index contributed by atoms with van der Waals surface area (Å²) in [5.74, 6) is 0.354. The maximum atomic E-state index is 10.2. The van der Waals surface area contributed by atoms with E-state index in [1.165, 1.54) is 5.56 Å². The van der Waals surface area contributed by atoms with Crippen molar-refractivity contribution in [3.8, 4) is 0 Å². The number of rotatable bonds is 4. The van der Waals surface area contributed by atoms with E-state index >= 15 is 0 Å². The molecule has 74 valence electrons. The highest BCUT2D eigenvalue weighted by atomic mass is 32.1. The fourth-order valence-electron chi connectivity index (χ4n) is 1.42. The normalized spacial score (nSPS) is 18.2. The first-order chi connectivity index (χ1) is 6.06. The largest absolute Gasteiger partial charge is 0.390 e. The van der Waals surface area contributed by atoms with Gasteiger partial charge in [0.2, 0.25) is 0 Å². The third-order valence-electron chi connectivity index (χ3n) is 2.82. The molecule has 2 heteroatoms. The van der Waals surface area contributed by atoms with Gasteiger partial charge in [-0.25, -0.2) is 0 Å². The molecular weight excluding hydrogens is 180 g/mol. The predicted octanol–water partition coefficient (Wildman–Crippen LogP) is 3.09. The Hall–Kier alpha value is -0.340. The first kappa shape index (κ1) is 10.7. The molecule has 1 N–H and O–H groups in total. The standard InChI is InChI=1S/C11H18OS/c1-4-9(2)11(3,12)7-10-5-6-13-8-10/h5-6,8-9,12H,4,7H2,1-3H3. The highest BCUT2D eigenvalue weighted by molar-refractivity contribution is 7.07. The third-order valence-corrected chi connectivity index (χ3v) is 3.55. The Morgan fingerprint density at radius 1 is 1.62 bits per heavy atom. The van der Waals surface area contributed by atoms with E-state index in [-0.39, 0.29) is 0 Å². The monoisotopic (exact) mass is 198 g/mol. The van der Waals surface area contributed by atoms with Gasteiger partial charge >= 0.3 is 0 Å². The van der Waals surface area contributed by atoms with Crippen LogP contribution in [-0.4, -0.2) is 10.7 Å². The van der Waals surface area contributed by atoms with E-state index < -0.39 is 5.60 Å². The van der Waals surface area contributed by atoms with Gasteiger partial charge in [0, 0.05) is 6.42 Å². The quantitative estimate of drug-likeness (QED) is 0.788. The molecule has 0 aliphatic rings. The van der Waals surface area contributed by atoms with Crippen LogP contribution >= 0.6 is 11.3 Å².